The molecule has 1 N–H and O–H groups in total. The number of aromatic nitrogens is 1. The molecule has 1 aliphatic heterocycles. The molecule has 0 spiro atoms. The van der Waals surface area contributed by atoms with Crippen molar-refractivity contribution in [2.75, 3.05) is 13.1 Å². The molecule has 76 valence electrons. The summed E-state index contributed by atoms with van der Waals surface area (Å²) < 4.78 is 5.87. The molecule has 14 heavy (non-hydrogen) atoms. The Bertz CT molecular complexity index is 276. The minimum atomic E-state index is 0.297. The maximum Gasteiger partial charge on any atom is 0.122 e. The average molecular weight is 192 g/mol. The van der Waals surface area contributed by atoms with Crippen LogP contribution in [0.25, 0.3) is 0 Å². The van der Waals surface area contributed by atoms with E-state index in [4.69, 9.17) is 4.74 Å². The van der Waals surface area contributed by atoms with Gasteiger partial charge in [0.1, 0.15) is 11.9 Å². The third-order valence-corrected chi connectivity index (χ3v) is 2.69. The summed E-state index contributed by atoms with van der Waals surface area (Å²) in [5.41, 5.74) is 0. The molecule has 3 nitrogen and oxygen atoms in total. The van der Waals surface area contributed by atoms with E-state index in [1.54, 1.807) is 12.4 Å². The second-order valence-electron chi connectivity index (χ2n) is 3.81. The van der Waals surface area contributed by atoms with Crippen LogP contribution in [0.5, 0.6) is 5.75 Å². The fourth-order valence-electron chi connectivity index (χ4n) is 1.71. The van der Waals surface area contributed by atoms with Crippen molar-refractivity contribution in [3.63, 3.8) is 0 Å². The van der Waals surface area contributed by atoms with Gasteiger partial charge in [-0.05, 0) is 31.0 Å². The van der Waals surface area contributed by atoms with Gasteiger partial charge < -0.3 is 10.1 Å². The molecule has 2 unspecified atom stereocenters. The molecule has 2 rings (SSSR count). The van der Waals surface area contributed by atoms with E-state index >= 15 is 0 Å². The van der Waals surface area contributed by atoms with Gasteiger partial charge in [-0.1, -0.05) is 6.92 Å². The van der Waals surface area contributed by atoms with E-state index in [2.05, 4.69) is 17.2 Å². The molecular formula is C11H16N2O. The molecule has 1 aromatic rings. The third kappa shape index (κ3) is 2.23. The number of nitrogens with zero attached hydrogens (tertiary/aromatic N) is 1. The van der Waals surface area contributed by atoms with E-state index in [0.29, 0.717) is 12.0 Å². The smallest absolute Gasteiger partial charge is 0.122 e. The fraction of sp³-hybridized carbons (Fsp3) is 0.545. The van der Waals surface area contributed by atoms with Gasteiger partial charge in [0.2, 0.25) is 0 Å². The van der Waals surface area contributed by atoms with Crippen molar-refractivity contribution < 1.29 is 4.74 Å². The first-order valence-corrected chi connectivity index (χ1v) is 5.13. The summed E-state index contributed by atoms with van der Waals surface area (Å²) in [7, 11) is 0. The molecule has 0 radical (unpaired) electrons. The van der Waals surface area contributed by atoms with E-state index in [1.165, 1.54) is 6.42 Å². The molecule has 1 saturated heterocycles. The van der Waals surface area contributed by atoms with E-state index in [1.807, 2.05) is 12.1 Å². The maximum atomic E-state index is 5.87. The number of hydrogen-bond acceptors (Lipinski definition) is 3. The van der Waals surface area contributed by atoms with Crippen LogP contribution in [0.3, 0.4) is 0 Å². The van der Waals surface area contributed by atoms with Crippen LogP contribution in [0.15, 0.2) is 24.5 Å². The lowest BCUT2D eigenvalue weighted by atomic mass is 9.97. The highest BCUT2D eigenvalue weighted by molar-refractivity contribution is 5.17. The summed E-state index contributed by atoms with van der Waals surface area (Å²) >= 11 is 0. The van der Waals surface area contributed by atoms with E-state index in [-0.39, 0.29) is 0 Å². The first-order valence-electron chi connectivity index (χ1n) is 5.13. The average Bonchev–Trinajstić information content (AvgIpc) is 2.23. The Labute approximate surface area is 84.5 Å². The molecule has 1 aliphatic rings. The van der Waals surface area contributed by atoms with Crippen molar-refractivity contribution in [3.8, 4) is 5.75 Å². The van der Waals surface area contributed by atoms with Crippen molar-refractivity contribution in [1.82, 2.24) is 10.3 Å². The Balaban J connectivity index is 1.96. The van der Waals surface area contributed by atoms with Crippen molar-refractivity contribution >= 4 is 0 Å². The van der Waals surface area contributed by atoms with Crippen LogP contribution >= 0.6 is 0 Å². The van der Waals surface area contributed by atoms with Gasteiger partial charge in [0.25, 0.3) is 0 Å². The lowest BCUT2D eigenvalue weighted by Crippen LogP contribution is -2.42. The fourth-order valence-corrected chi connectivity index (χ4v) is 1.71. The Morgan fingerprint density at radius 1 is 1.43 bits per heavy atom. The summed E-state index contributed by atoms with van der Waals surface area (Å²) in [6, 6.07) is 3.81. The summed E-state index contributed by atoms with van der Waals surface area (Å²) in [5, 5.41) is 3.34. The van der Waals surface area contributed by atoms with Crippen molar-refractivity contribution in [2.24, 2.45) is 5.92 Å². The van der Waals surface area contributed by atoms with E-state index < -0.39 is 0 Å². The van der Waals surface area contributed by atoms with Gasteiger partial charge in [-0.15, -0.1) is 0 Å². The van der Waals surface area contributed by atoms with Gasteiger partial charge in [-0.25, -0.2) is 0 Å². The summed E-state index contributed by atoms with van der Waals surface area (Å²) in [5.74, 6) is 1.55. The standard InChI is InChI=1S/C11H16N2O/c1-9-2-5-13-8-11(9)14-10-3-6-12-7-4-10/h3-4,6-7,9,11,13H,2,5,8H2,1H3. The topological polar surface area (TPSA) is 34.1 Å². The Morgan fingerprint density at radius 2 is 2.21 bits per heavy atom. The lowest BCUT2D eigenvalue weighted by molar-refractivity contribution is 0.115. The molecule has 0 amide bonds. The van der Waals surface area contributed by atoms with E-state index in [9.17, 15) is 0 Å². The molecule has 0 aromatic carbocycles. The SMILES string of the molecule is CC1CCNCC1Oc1ccncc1. The van der Waals surface area contributed by atoms with E-state index in [0.717, 1.165) is 18.8 Å². The molecule has 0 bridgehead atoms. The number of hydrogen-bond donors (Lipinski definition) is 1. The number of ether oxygens (including phenoxy) is 1. The molecule has 0 aliphatic carbocycles. The number of pyridine rings is 1. The highest BCUT2D eigenvalue weighted by Crippen LogP contribution is 2.18. The first kappa shape index (κ1) is 9.46. The number of rotatable bonds is 2. The van der Waals surface area contributed by atoms with Gasteiger partial charge in [0, 0.05) is 18.9 Å². The van der Waals surface area contributed by atoms with Crippen molar-refractivity contribution in [1.29, 1.82) is 0 Å². The largest absolute Gasteiger partial charge is 0.489 e. The molecule has 3 heteroatoms. The summed E-state index contributed by atoms with van der Waals surface area (Å²) in [6.07, 6.45) is 5.01. The minimum Gasteiger partial charge on any atom is -0.489 e. The van der Waals surface area contributed by atoms with Gasteiger partial charge in [-0.2, -0.15) is 0 Å². The van der Waals surface area contributed by atoms with Gasteiger partial charge in [-0.3, -0.25) is 4.98 Å². The zero-order valence-corrected chi connectivity index (χ0v) is 8.44. The second kappa shape index (κ2) is 4.42. The van der Waals surface area contributed by atoms with Crippen LogP contribution in [0, 0.1) is 5.92 Å². The van der Waals surface area contributed by atoms with Crippen molar-refractivity contribution in [3.05, 3.63) is 24.5 Å². The monoisotopic (exact) mass is 192 g/mol. The summed E-state index contributed by atoms with van der Waals surface area (Å²) in [6.45, 7) is 4.30. The molecular weight excluding hydrogens is 176 g/mol. The molecule has 2 heterocycles. The van der Waals surface area contributed by atoms with Crippen LogP contribution in [0.1, 0.15) is 13.3 Å². The zero-order valence-electron chi connectivity index (χ0n) is 8.44. The molecule has 2 atom stereocenters. The van der Waals surface area contributed by atoms with Gasteiger partial charge in [0.15, 0.2) is 0 Å². The highest BCUT2D eigenvalue weighted by Gasteiger charge is 2.22. The predicted octanol–water partition coefficient (Wildman–Crippen LogP) is 1.46. The van der Waals surface area contributed by atoms with Crippen LogP contribution in [-0.4, -0.2) is 24.2 Å². The molecule has 1 aromatic heterocycles. The second-order valence-corrected chi connectivity index (χ2v) is 3.81. The van der Waals surface area contributed by atoms with Crippen LogP contribution < -0.4 is 10.1 Å². The quantitative estimate of drug-likeness (QED) is 0.770. The Morgan fingerprint density at radius 3 is 2.93 bits per heavy atom. The predicted molar refractivity (Wildman–Crippen MR) is 55.3 cm³/mol. The summed E-state index contributed by atoms with van der Waals surface area (Å²) in [4.78, 5) is 3.96. The van der Waals surface area contributed by atoms with Crippen LogP contribution in [-0.2, 0) is 0 Å². The highest BCUT2D eigenvalue weighted by atomic mass is 16.5. The first-order chi connectivity index (χ1) is 6.86. The maximum absolute atomic E-state index is 5.87. The van der Waals surface area contributed by atoms with Gasteiger partial charge in [0.05, 0.1) is 0 Å². The molecule has 1 fully saturated rings. The van der Waals surface area contributed by atoms with Crippen LogP contribution in [0.4, 0.5) is 0 Å². The van der Waals surface area contributed by atoms with Crippen molar-refractivity contribution in [2.45, 2.75) is 19.4 Å². The minimum absolute atomic E-state index is 0.297. The Kier molecular flexibility index (Phi) is 2.99. The number of nitrogens with one attached hydrogen (secondary N) is 1. The lowest BCUT2D eigenvalue weighted by Gasteiger charge is -2.29. The zero-order chi connectivity index (χ0) is 9.80. The van der Waals surface area contributed by atoms with Gasteiger partial charge >= 0.3 is 0 Å². The third-order valence-electron chi connectivity index (χ3n) is 2.69. The van der Waals surface area contributed by atoms with Crippen LogP contribution in [0.2, 0.25) is 0 Å². The normalized spacial score (nSPS) is 27.2. The number of piperidine rings is 1. The molecule has 0 saturated carbocycles. The Hall–Kier alpha value is -1.09.